The fourth-order valence-corrected chi connectivity index (χ4v) is 7.39. The van der Waals surface area contributed by atoms with E-state index in [0.717, 1.165) is 32.7 Å². The van der Waals surface area contributed by atoms with Crippen molar-refractivity contribution in [2.45, 2.75) is 63.9 Å². The molecule has 0 aromatic heterocycles. The Bertz CT molecular complexity index is 555. The summed E-state index contributed by atoms with van der Waals surface area (Å²) in [6, 6.07) is 0. The lowest BCUT2D eigenvalue weighted by atomic mass is 9.47. The summed E-state index contributed by atoms with van der Waals surface area (Å²) < 4.78 is 12.2. The minimum absolute atomic E-state index is 0.118. The Morgan fingerprint density at radius 3 is 2.96 bits per heavy atom. The van der Waals surface area contributed by atoms with Crippen LogP contribution >= 0.6 is 0 Å². The van der Waals surface area contributed by atoms with Gasteiger partial charge in [0.05, 0.1) is 25.9 Å². The fraction of sp³-hybridized carbons (Fsp3) is 0.857. The molecule has 3 nitrogen and oxygen atoms in total. The molecule has 0 radical (unpaired) electrons. The molecular weight excluding hydrogens is 300 g/mol. The molecule has 6 atom stereocenters. The van der Waals surface area contributed by atoms with Gasteiger partial charge in [-0.2, -0.15) is 0 Å². The molecule has 0 amide bonds. The van der Waals surface area contributed by atoms with Crippen LogP contribution in [0.3, 0.4) is 0 Å². The Hall–Kier alpha value is -0.670. The second-order valence-corrected chi connectivity index (χ2v) is 8.97. The lowest BCUT2D eigenvalue weighted by Gasteiger charge is -2.57. The summed E-state index contributed by atoms with van der Waals surface area (Å²) in [5.74, 6) is 1.94. The lowest BCUT2D eigenvalue weighted by Crippen LogP contribution is -2.54. The van der Waals surface area contributed by atoms with Crippen molar-refractivity contribution in [2.75, 3.05) is 19.8 Å². The van der Waals surface area contributed by atoms with Crippen molar-refractivity contribution in [1.82, 2.24) is 0 Å². The average molecular weight is 330 g/mol. The van der Waals surface area contributed by atoms with Crippen molar-refractivity contribution < 1.29 is 14.3 Å². The first-order valence-corrected chi connectivity index (χ1v) is 10.2. The van der Waals surface area contributed by atoms with Crippen molar-refractivity contribution in [3.63, 3.8) is 0 Å². The number of ether oxygens (including phenoxy) is 2. The zero-order valence-corrected chi connectivity index (χ0v) is 14.7. The van der Waals surface area contributed by atoms with Crippen LogP contribution in [0.5, 0.6) is 0 Å². The molecule has 5 aliphatic rings. The number of carbonyl (C=O) groups is 1. The highest BCUT2D eigenvalue weighted by molar-refractivity contribution is 5.67. The van der Waals surface area contributed by atoms with Crippen LogP contribution in [0.25, 0.3) is 0 Å². The maximum absolute atomic E-state index is 12.3. The molecule has 4 fully saturated rings. The normalized spacial score (nSPS) is 50.6. The summed E-state index contributed by atoms with van der Waals surface area (Å²) in [7, 11) is 0. The van der Waals surface area contributed by atoms with Crippen molar-refractivity contribution >= 4 is 6.29 Å². The molecule has 5 rings (SSSR count). The zero-order valence-electron chi connectivity index (χ0n) is 14.7. The topological polar surface area (TPSA) is 35.5 Å². The molecule has 132 valence electrons. The van der Waals surface area contributed by atoms with Crippen LogP contribution in [0.2, 0.25) is 0 Å². The molecule has 0 N–H and O–H groups in total. The summed E-state index contributed by atoms with van der Waals surface area (Å²) in [6.45, 7) is 2.40. The van der Waals surface area contributed by atoms with Gasteiger partial charge in [0.1, 0.15) is 6.29 Å². The first kappa shape index (κ1) is 15.6. The number of allylic oxidation sites excluding steroid dienone is 2. The quantitative estimate of drug-likeness (QED) is 0.540. The third-order valence-electron chi connectivity index (χ3n) is 8.38. The Morgan fingerprint density at radius 2 is 2.04 bits per heavy atom. The lowest BCUT2D eigenvalue weighted by molar-refractivity contribution is -0.131. The van der Waals surface area contributed by atoms with Gasteiger partial charge in [0.25, 0.3) is 0 Å². The van der Waals surface area contributed by atoms with Gasteiger partial charge in [0.15, 0.2) is 0 Å². The van der Waals surface area contributed by atoms with Gasteiger partial charge < -0.3 is 14.3 Å². The average Bonchev–Trinajstić information content (AvgIpc) is 2.88. The summed E-state index contributed by atoms with van der Waals surface area (Å²) in [6.07, 6.45) is 15.0. The molecule has 3 saturated carbocycles. The van der Waals surface area contributed by atoms with Gasteiger partial charge in [-0.25, -0.2) is 0 Å². The van der Waals surface area contributed by atoms with Gasteiger partial charge in [-0.1, -0.05) is 18.1 Å². The van der Waals surface area contributed by atoms with E-state index >= 15 is 0 Å². The molecule has 0 aromatic rings. The Labute approximate surface area is 145 Å². The summed E-state index contributed by atoms with van der Waals surface area (Å²) in [5.41, 5.74) is 1.61. The van der Waals surface area contributed by atoms with Gasteiger partial charge in [0.2, 0.25) is 0 Å². The van der Waals surface area contributed by atoms with E-state index in [0.29, 0.717) is 23.9 Å². The van der Waals surface area contributed by atoms with Gasteiger partial charge in [-0.05, 0) is 69.1 Å². The highest BCUT2D eigenvalue weighted by Crippen LogP contribution is 2.65. The summed E-state index contributed by atoms with van der Waals surface area (Å²) in [4.78, 5) is 12.3. The smallest absolute Gasteiger partial charge is 0.130 e. The fourth-order valence-electron chi connectivity index (χ4n) is 7.39. The monoisotopic (exact) mass is 330 g/mol. The zero-order chi connectivity index (χ0) is 16.2. The SMILES string of the molecule is O=C[C@]12CCCCC1=CC[C@H]1[C@@H]3CCC4OCCOC[C@@]43CC[C@@H]12. The number of rotatable bonds is 1. The largest absolute Gasteiger partial charge is 0.378 e. The number of carbonyl (C=O) groups excluding carboxylic acids is 1. The number of hydrogen-bond acceptors (Lipinski definition) is 3. The van der Waals surface area contributed by atoms with Crippen LogP contribution in [-0.4, -0.2) is 32.2 Å². The minimum atomic E-state index is -0.118. The number of hydrogen-bond donors (Lipinski definition) is 0. The predicted octanol–water partition coefficient (Wildman–Crippen LogP) is 3.91. The van der Waals surface area contributed by atoms with E-state index in [1.807, 2.05) is 0 Å². The van der Waals surface area contributed by atoms with Crippen LogP contribution in [0, 0.1) is 28.6 Å². The second-order valence-electron chi connectivity index (χ2n) is 8.97. The molecule has 1 saturated heterocycles. The van der Waals surface area contributed by atoms with Crippen LogP contribution in [0.1, 0.15) is 57.8 Å². The molecule has 24 heavy (non-hydrogen) atoms. The van der Waals surface area contributed by atoms with Crippen LogP contribution in [0.4, 0.5) is 0 Å². The van der Waals surface area contributed by atoms with Gasteiger partial charge in [-0.3, -0.25) is 0 Å². The van der Waals surface area contributed by atoms with E-state index in [4.69, 9.17) is 9.47 Å². The highest BCUT2D eigenvalue weighted by atomic mass is 16.5. The van der Waals surface area contributed by atoms with Gasteiger partial charge in [0, 0.05) is 10.8 Å². The molecule has 1 aliphatic heterocycles. The number of fused-ring (bicyclic) bond motifs is 4. The van der Waals surface area contributed by atoms with Crippen molar-refractivity contribution in [3.05, 3.63) is 11.6 Å². The molecule has 0 aromatic carbocycles. The standard InChI is InChI=1S/C21H30O3/c22-13-20-9-2-1-3-15(20)4-5-16-17-6-7-19-21(17,10-8-18(16)20)14-23-11-12-24-19/h4,13,16-19H,1-3,5-12,14H2/t16-,17-,18-,19?,20+,21+/m0/s1. The minimum Gasteiger partial charge on any atom is -0.378 e. The van der Waals surface area contributed by atoms with E-state index in [9.17, 15) is 4.79 Å². The van der Waals surface area contributed by atoms with Gasteiger partial charge in [-0.15, -0.1) is 0 Å². The highest BCUT2D eigenvalue weighted by Gasteiger charge is 2.62. The van der Waals surface area contributed by atoms with Crippen LogP contribution in [-0.2, 0) is 14.3 Å². The van der Waals surface area contributed by atoms with E-state index < -0.39 is 0 Å². The van der Waals surface area contributed by atoms with Crippen LogP contribution in [0.15, 0.2) is 11.6 Å². The van der Waals surface area contributed by atoms with E-state index in [2.05, 4.69) is 6.08 Å². The van der Waals surface area contributed by atoms with Crippen LogP contribution < -0.4 is 0 Å². The maximum Gasteiger partial charge on any atom is 0.130 e. The molecule has 1 unspecified atom stereocenters. The molecule has 1 heterocycles. The molecule has 1 spiro atoms. The Morgan fingerprint density at radius 1 is 1.08 bits per heavy atom. The third kappa shape index (κ3) is 1.94. The second kappa shape index (κ2) is 5.67. The van der Waals surface area contributed by atoms with E-state index in [1.54, 1.807) is 0 Å². The van der Waals surface area contributed by atoms with E-state index in [-0.39, 0.29) is 10.8 Å². The molecule has 3 heteroatoms. The summed E-state index contributed by atoms with van der Waals surface area (Å²) >= 11 is 0. The maximum atomic E-state index is 12.3. The molecule has 0 bridgehead atoms. The van der Waals surface area contributed by atoms with Crippen molar-refractivity contribution in [2.24, 2.45) is 28.6 Å². The predicted molar refractivity (Wildman–Crippen MR) is 91.6 cm³/mol. The van der Waals surface area contributed by atoms with Crippen molar-refractivity contribution in [3.8, 4) is 0 Å². The third-order valence-corrected chi connectivity index (χ3v) is 8.38. The Kier molecular flexibility index (Phi) is 3.68. The molecular formula is C21H30O3. The first-order valence-electron chi connectivity index (χ1n) is 10.2. The van der Waals surface area contributed by atoms with E-state index in [1.165, 1.54) is 56.8 Å². The number of aldehydes is 1. The first-order chi connectivity index (χ1) is 11.8. The van der Waals surface area contributed by atoms with Gasteiger partial charge >= 0.3 is 0 Å². The van der Waals surface area contributed by atoms with Crippen molar-refractivity contribution in [1.29, 1.82) is 0 Å². The summed E-state index contributed by atoms with van der Waals surface area (Å²) in [5, 5.41) is 0. The Balaban J connectivity index is 1.52. The molecule has 4 aliphatic carbocycles.